The van der Waals surface area contributed by atoms with E-state index < -0.39 is 5.97 Å². The van der Waals surface area contributed by atoms with Crippen molar-refractivity contribution in [2.75, 3.05) is 0 Å². The highest BCUT2D eigenvalue weighted by atomic mass is 32.1. The fourth-order valence-electron chi connectivity index (χ4n) is 1.69. The number of hydrogen-bond acceptors (Lipinski definition) is 3. The second kappa shape index (κ2) is 5.31. The van der Waals surface area contributed by atoms with Crippen molar-refractivity contribution in [3.63, 3.8) is 0 Å². The summed E-state index contributed by atoms with van der Waals surface area (Å²) >= 11 is 1.58. The molecule has 1 unspecified atom stereocenters. The number of carbonyl (C=O) groups is 1. The highest BCUT2D eigenvalue weighted by Gasteiger charge is 2.16. The third-order valence-corrected chi connectivity index (χ3v) is 4.06. The molecule has 0 saturated carbocycles. The molecule has 3 nitrogen and oxygen atoms in total. The number of aliphatic carboxylic acids is 1. The number of carboxylic acid groups (broad SMARTS) is 1. The highest BCUT2D eigenvalue weighted by molar-refractivity contribution is 7.15. The van der Waals surface area contributed by atoms with Crippen molar-refractivity contribution >= 4 is 17.3 Å². The van der Waals surface area contributed by atoms with E-state index in [9.17, 15) is 4.79 Å². The molecule has 0 aliphatic heterocycles. The predicted octanol–water partition coefficient (Wildman–Crippen LogP) is 3.38. The average molecular weight is 261 g/mol. The van der Waals surface area contributed by atoms with Crippen molar-refractivity contribution in [1.82, 2.24) is 4.98 Å². The number of thiazole rings is 1. The van der Waals surface area contributed by atoms with Crippen molar-refractivity contribution in [1.29, 1.82) is 0 Å². The van der Waals surface area contributed by atoms with Gasteiger partial charge in [-0.1, -0.05) is 37.3 Å². The first kappa shape index (κ1) is 12.8. The summed E-state index contributed by atoms with van der Waals surface area (Å²) in [7, 11) is 0. The van der Waals surface area contributed by atoms with Crippen LogP contribution in [0.2, 0.25) is 0 Å². The van der Waals surface area contributed by atoms with Gasteiger partial charge in [-0.2, -0.15) is 0 Å². The molecule has 2 aromatic rings. The van der Waals surface area contributed by atoms with Crippen LogP contribution in [0.15, 0.2) is 30.3 Å². The number of rotatable bonds is 4. The van der Waals surface area contributed by atoms with Crippen LogP contribution in [0, 0.1) is 12.8 Å². The number of hydrogen-bond donors (Lipinski definition) is 1. The minimum Gasteiger partial charge on any atom is -0.481 e. The minimum absolute atomic E-state index is 0.368. The Labute approximate surface area is 110 Å². The lowest BCUT2D eigenvalue weighted by Crippen LogP contribution is -2.11. The van der Waals surface area contributed by atoms with Crippen LogP contribution < -0.4 is 0 Å². The van der Waals surface area contributed by atoms with E-state index in [2.05, 4.69) is 4.98 Å². The third kappa shape index (κ3) is 2.76. The van der Waals surface area contributed by atoms with Crippen LogP contribution in [0.25, 0.3) is 10.6 Å². The van der Waals surface area contributed by atoms with Gasteiger partial charge in [-0.25, -0.2) is 4.98 Å². The molecule has 4 heteroatoms. The zero-order chi connectivity index (χ0) is 13.1. The summed E-state index contributed by atoms with van der Waals surface area (Å²) in [6, 6.07) is 9.96. The van der Waals surface area contributed by atoms with Crippen LogP contribution in [0.1, 0.15) is 17.5 Å². The first-order chi connectivity index (χ1) is 8.58. The Morgan fingerprint density at radius 1 is 1.39 bits per heavy atom. The van der Waals surface area contributed by atoms with Crippen LogP contribution in [-0.2, 0) is 11.2 Å². The van der Waals surface area contributed by atoms with E-state index >= 15 is 0 Å². The van der Waals surface area contributed by atoms with E-state index in [1.807, 2.05) is 37.3 Å². The number of benzene rings is 1. The predicted molar refractivity (Wildman–Crippen MR) is 72.8 cm³/mol. The van der Waals surface area contributed by atoms with E-state index in [1.54, 1.807) is 18.3 Å². The molecule has 0 aliphatic rings. The van der Waals surface area contributed by atoms with Crippen molar-refractivity contribution in [3.8, 4) is 10.6 Å². The summed E-state index contributed by atoms with van der Waals surface area (Å²) in [6.45, 7) is 3.66. The molecule has 94 valence electrons. The van der Waals surface area contributed by atoms with Gasteiger partial charge >= 0.3 is 5.97 Å². The minimum atomic E-state index is -0.760. The van der Waals surface area contributed by atoms with Gasteiger partial charge in [0.1, 0.15) is 5.01 Å². The molecular formula is C14H15NO2S. The number of nitrogens with zero attached hydrogens (tertiary/aromatic N) is 1. The Bertz CT molecular complexity index is 548. The summed E-state index contributed by atoms with van der Waals surface area (Å²) in [6.07, 6.45) is 0.547. The largest absolute Gasteiger partial charge is 0.481 e. The zero-order valence-corrected chi connectivity index (χ0v) is 11.2. The third-order valence-electron chi connectivity index (χ3n) is 2.83. The highest BCUT2D eigenvalue weighted by Crippen LogP contribution is 2.29. The molecule has 0 aliphatic carbocycles. The first-order valence-corrected chi connectivity index (χ1v) is 6.64. The molecule has 2 rings (SSSR count). The average Bonchev–Trinajstić information content (AvgIpc) is 2.72. The van der Waals surface area contributed by atoms with Crippen molar-refractivity contribution in [2.24, 2.45) is 5.92 Å². The molecule has 1 atom stereocenters. The number of aromatic nitrogens is 1. The molecule has 1 N–H and O–H groups in total. The van der Waals surface area contributed by atoms with Gasteiger partial charge in [-0.05, 0) is 13.3 Å². The smallest absolute Gasteiger partial charge is 0.306 e. The molecule has 18 heavy (non-hydrogen) atoms. The maximum absolute atomic E-state index is 10.9. The first-order valence-electron chi connectivity index (χ1n) is 5.82. The Kier molecular flexibility index (Phi) is 3.77. The van der Waals surface area contributed by atoms with E-state index in [4.69, 9.17) is 5.11 Å². The molecule has 1 heterocycles. The molecule has 0 amide bonds. The van der Waals surface area contributed by atoms with Gasteiger partial charge in [0, 0.05) is 10.4 Å². The number of aryl methyl sites for hydroxylation is 1. The molecule has 0 spiro atoms. The van der Waals surface area contributed by atoms with Gasteiger partial charge in [0.05, 0.1) is 11.6 Å². The van der Waals surface area contributed by atoms with Crippen LogP contribution in [-0.4, -0.2) is 16.1 Å². The quantitative estimate of drug-likeness (QED) is 0.917. The SMILES string of the molecule is Cc1nc(-c2ccccc2)sc1CC(C)C(=O)O. The van der Waals surface area contributed by atoms with Crippen molar-refractivity contribution in [3.05, 3.63) is 40.9 Å². The van der Waals surface area contributed by atoms with Gasteiger partial charge in [0.15, 0.2) is 0 Å². The van der Waals surface area contributed by atoms with Crippen LogP contribution in [0.4, 0.5) is 0 Å². The summed E-state index contributed by atoms with van der Waals surface area (Å²) in [5.74, 6) is -1.13. The summed E-state index contributed by atoms with van der Waals surface area (Å²) in [5.41, 5.74) is 2.02. The second-order valence-electron chi connectivity index (χ2n) is 4.34. The van der Waals surface area contributed by atoms with Gasteiger partial charge in [-0.3, -0.25) is 4.79 Å². The Morgan fingerprint density at radius 3 is 2.67 bits per heavy atom. The Hall–Kier alpha value is -1.68. The Balaban J connectivity index is 2.25. The van der Waals surface area contributed by atoms with Crippen LogP contribution in [0.3, 0.4) is 0 Å². The van der Waals surface area contributed by atoms with Gasteiger partial charge in [0.2, 0.25) is 0 Å². The summed E-state index contributed by atoms with van der Waals surface area (Å²) in [4.78, 5) is 16.5. The standard InChI is InChI=1S/C14H15NO2S/c1-9(14(16)17)8-12-10(2)15-13(18-12)11-6-4-3-5-7-11/h3-7,9H,8H2,1-2H3,(H,16,17). The topological polar surface area (TPSA) is 50.2 Å². The molecule has 1 aromatic carbocycles. The second-order valence-corrected chi connectivity index (χ2v) is 5.42. The van der Waals surface area contributed by atoms with E-state index in [0.29, 0.717) is 6.42 Å². The van der Waals surface area contributed by atoms with E-state index in [1.165, 1.54) is 0 Å². The lowest BCUT2D eigenvalue weighted by Gasteiger charge is -2.03. The Morgan fingerprint density at radius 2 is 2.06 bits per heavy atom. The van der Waals surface area contributed by atoms with Crippen molar-refractivity contribution in [2.45, 2.75) is 20.3 Å². The van der Waals surface area contributed by atoms with Gasteiger partial charge < -0.3 is 5.11 Å². The van der Waals surface area contributed by atoms with Crippen LogP contribution in [0.5, 0.6) is 0 Å². The molecule has 0 saturated heterocycles. The lowest BCUT2D eigenvalue weighted by molar-refractivity contribution is -0.141. The zero-order valence-electron chi connectivity index (χ0n) is 10.4. The van der Waals surface area contributed by atoms with Crippen LogP contribution >= 0.6 is 11.3 Å². The molecule has 0 fully saturated rings. The number of carboxylic acids is 1. The fraction of sp³-hybridized carbons (Fsp3) is 0.286. The van der Waals surface area contributed by atoms with E-state index in [0.717, 1.165) is 21.1 Å². The molecular weight excluding hydrogens is 246 g/mol. The summed E-state index contributed by atoms with van der Waals surface area (Å²) in [5, 5.41) is 9.90. The van der Waals surface area contributed by atoms with Gasteiger partial charge in [-0.15, -0.1) is 11.3 Å². The fourth-order valence-corrected chi connectivity index (χ4v) is 2.88. The van der Waals surface area contributed by atoms with Gasteiger partial charge in [0.25, 0.3) is 0 Å². The lowest BCUT2D eigenvalue weighted by atomic mass is 10.1. The maximum atomic E-state index is 10.9. The monoisotopic (exact) mass is 261 g/mol. The molecule has 0 radical (unpaired) electrons. The van der Waals surface area contributed by atoms with E-state index in [-0.39, 0.29) is 5.92 Å². The van der Waals surface area contributed by atoms with Crippen molar-refractivity contribution < 1.29 is 9.90 Å². The molecule has 1 aromatic heterocycles. The normalized spacial score (nSPS) is 12.3. The summed E-state index contributed by atoms with van der Waals surface area (Å²) < 4.78 is 0. The molecule has 0 bridgehead atoms. The maximum Gasteiger partial charge on any atom is 0.306 e.